The van der Waals surface area contributed by atoms with Gasteiger partial charge in [0.2, 0.25) is 5.82 Å². The van der Waals surface area contributed by atoms with Crippen molar-refractivity contribution in [3.8, 4) is 17.6 Å². The first-order valence-electron chi connectivity index (χ1n) is 10.8. The topological polar surface area (TPSA) is 120 Å². The number of H-pyrrole nitrogens is 1. The number of amides is 2. The van der Waals surface area contributed by atoms with Gasteiger partial charge in [-0.25, -0.2) is 4.98 Å². The fourth-order valence-corrected chi connectivity index (χ4v) is 3.40. The first kappa shape index (κ1) is 23.0. The quantitative estimate of drug-likeness (QED) is 0.511. The van der Waals surface area contributed by atoms with E-state index in [1.54, 1.807) is 39.1 Å². The summed E-state index contributed by atoms with van der Waals surface area (Å²) in [6.45, 7) is 3.13. The summed E-state index contributed by atoms with van der Waals surface area (Å²) in [5.41, 5.74) is 1.09. The van der Waals surface area contributed by atoms with Crippen LogP contribution in [-0.4, -0.2) is 57.4 Å². The highest BCUT2D eigenvalue weighted by atomic mass is 16.5. The number of anilines is 1. The molecule has 9 heteroatoms. The van der Waals surface area contributed by atoms with Crippen LogP contribution in [0.3, 0.4) is 0 Å². The van der Waals surface area contributed by atoms with Gasteiger partial charge in [0.25, 0.3) is 11.8 Å². The average molecular weight is 460 g/mol. The summed E-state index contributed by atoms with van der Waals surface area (Å²) in [4.78, 5) is 31.4. The van der Waals surface area contributed by atoms with E-state index >= 15 is 0 Å². The maximum Gasteiger partial charge on any atom is 0.291 e. The van der Waals surface area contributed by atoms with Crippen LogP contribution < -0.4 is 15.0 Å². The highest BCUT2D eigenvalue weighted by Gasteiger charge is 2.31. The molecule has 174 valence electrons. The lowest BCUT2D eigenvalue weighted by Crippen LogP contribution is -2.49. The maximum absolute atomic E-state index is 13.0. The van der Waals surface area contributed by atoms with E-state index in [0.29, 0.717) is 29.2 Å². The number of benzene rings is 2. The van der Waals surface area contributed by atoms with Gasteiger partial charge in [-0.1, -0.05) is 42.2 Å². The third kappa shape index (κ3) is 5.42. The van der Waals surface area contributed by atoms with E-state index in [2.05, 4.69) is 32.3 Å². The Balaban J connectivity index is 1.45. The molecule has 1 aromatic heterocycles. The molecule has 0 fully saturated rings. The smallest absolute Gasteiger partial charge is 0.291 e. The number of hydrogen-bond donors (Lipinski definition) is 3. The second-order valence-electron chi connectivity index (χ2n) is 8.49. The number of hydrogen-bond acceptors (Lipinski definition) is 6. The third-order valence-corrected chi connectivity index (χ3v) is 5.12. The number of nitrogens with zero attached hydrogens (tertiary/aromatic N) is 3. The molecule has 0 saturated heterocycles. The molecule has 0 saturated carbocycles. The molecule has 0 aliphatic carbocycles. The largest absolute Gasteiger partial charge is 0.489 e. The standard InChI is InChI=1S/C25H25N5O4/c1-25(2,33)12-11-17-9-10-19-20(13-17)34-15-18(24(32)30(19)3)26-23(31)22-27-21(28-29-22)14-16-7-5-4-6-8-16/h4-10,13,18,33H,14-15H2,1-3H3,(H,26,31)(H,27,28,29)/t18-/m1/s1. The fraction of sp³-hybridized carbons (Fsp3) is 0.280. The van der Waals surface area contributed by atoms with Gasteiger partial charge < -0.3 is 20.1 Å². The summed E-state index contributed by atoms with van der Waals surface area (Å²) in [6.07, 6.45) is 0.503. The lowest BCUT2D eigenvalue weighted by Gasteiger charge is -2.20. The van der Waals surface area contributed by atoms with Crippen LogP contribution in [0.25, 0.3) is 0 Å². The van der Waals surface area contributed by atoms with E-state index in [1.807, 2.05) is 30.3 Å². The Bertz CT molecular complexity index is 1270. The predicted molar refractivity (Wildman–Crippen MR) is 125 cm³/mol. The van der Waals surface area contributed by atoms with Gasteiger partial charge in [-0.05, 0) is 37.6 Å². The van der Waals surface area contributed by atoms with Crippen molar-refractivity contribution >= 4 is 17.5 Å². The lowest BCUT2D eigenvalue weighted by molar-refractivity contribution is -0.120. The van der Waals surface area contributed by atoms with Crippen molar-refractivity contribution in [2.24, 2.45) is 0 Å². The molecule has 9 nitrogen and oxygen atoms in total. The minimum Gasteiger partial charge on any atom is -0.489 e. The zero-order valence-electron chi connectivity index (χ0n) is 19.1. The van der Waals surface area contributed by atoms with Crippen LogP contribution >= 0.6 is 0 Å². The number of aromatic amines is 1. The number of fused-ring (bicyclic) bond motifs is 1. The van der Waals surface area contributed by atoms with Gasteiger partial charge in [0.1, 0.15) is 29.8 Å². The van der Waals surface area contributed by atoms with Crippen molar-refractivity contribution in [1.82, 2.24) is 20.5 Å². The van der Waals surface area contributed by atoms with E-state index in [-0.39, 0.29) is 18.3 Å². The molecule has 1 aliphatic heterocycles. The molecule has 2 heterocycles. The van der Waals surface area contributed by atoms with Crippen molar-refractivity contribution in [1.29, 1.82) is 0 Å². The predicted octanol–water partition coefficient (Wildman–Crippen LogP) is 1.67. The van der Waals surface area contributed by atoms with Gasteiger partial charge in [0.15, 0.2) is 0 Å². The van der Waals surface area contributed by atoms with E-state index in [4.69, 9.17) is 4.74 Å². The van der Waals surface area contributed by atoms with E-state index in [0.717, 1.165) is 5.56 Å². The molecule has 1 atom stereocenters. The minimum absolute atomic E-state index is 0.0488. The van der Waals surface area contributed by atoms with Crippen LogP contribution in [0.1, 0.15) is 41.4 Å². The van der Waals surface area contributed by atoms with Gasteiger partial charge >= 0.3 is 0 Å². The second kappa shape index (κ2) is 9.37. The molecule has 0 radical (unpaired) electrons. The number of carbonyl (C=O) groups is 2. The van der Waals surface area contributed by atoms with Crippen molar-refractivity contribution in [3.63, 3.8) is 0 Å². The lowest BCUT2D eigenvalue weighted by atomic mass is 10.1. The highest BCUT2D eigenvalue weighted by molar-refractivity contribution is 6.02. The molecular formula is C25H25N5O4. The number of nitrogens with one attached hydrogen (secondary N) is 2. The Hall–Kier alpha value is -4.16. The van der Waals surface area contributed by atoms with Gasteiger partial charge in [-0.3, -0.25) is 14.7 Å². The molecule has 1 aliphatic rings. The Morgan fingerprint density at radius 2 is 2.06 bits per heavy atom. The summed E-state index contributed by atoms with van der Waals surface area (Å²) in [5, 5.41) is 19.2. The van der Waals surface area contributed by atoms with Crippen LogP contribution in [0.5, 0.6) is 5.75 Å². The van der Waals surface area contributed by atoms with Crippen LogP contribution in [0.4, 0.5) is 5.69 Å². The number of ether oxygens (including phenoxy) is 1. The average Bonchev–Trinajstić information content (AvgIpc) is 3.24. The maximum atomic E-state index is 13.0. The Morgan fingerprint density at radius 1 is 1.29 bits per heavy atom. The summed E-state index contributed by atoms with van der Waals surface area (Å²) >= 11 is 0. The van der Waals surface area contributed by atoms with E-state index in [1.165, 1.54) is 4.90 Å². The van der Waals surface area contributed by atoms with Gasteiger partial charge in [-0.2, -0.15) is 0 Å². The first-order chi connectivity index (χ1) is 16.2. The van der Waals surface area contributed by atoms with E-state index in [9.17, 15) is 14.7 Å². The van der Waals surface area contributed by atoms with Crippen LogP contribution in [0.2, 0.25) is 0 Å². The molecule has 34 heavy (non-hydrogen) atoms. The number of aromatic nitrogens is 3. The molecule has 0 unspecified atom stereocenters. The Morgan fingerprint density at radius 3 is 2.79 bits per heavy atom. The zero-order valence-corrected chi connectivity index (χ0v) is 19.1. The van der Waals surface area contributed by atoms with Gasteiger partial charge in [-0.15, -0.1) is 5.10 Å². The minimum atomic E-state index is -1.13. The highest BCUT2D eigenvalue weighted by Crippen LogP contribution is 2.31. The summed E-state index contributed by atoms with van der Waals surface area (Å²) in [6, 6.07) is 13.9. The summed E-state index contributed by atoms with van der Waals surface area (Å²) < 4.78 is 5.84. The Labute approximate surface area is 197 Å². The monoisotopic (exact) mass is 459 g/mol. The molecule has 3 aromatic rings. The fourth-order valence-electron chi connectivity index (χ4n) is 3.40. The third-order valence-electron chi connectivity index (χ3n) is 5.12. The van der Waals surface area contributed by atoms with Crippen LogP contribution in [0, 0.1) is 11.8 Å². The number of rotatable bonds is 4. The SMILES string of the molecule is CN1C(=O)[C@H](NC(=O)c2n[nH]c(Cc3ccccc3)n2)COc2cc(C#CC(C)(C)O)ccc21. The normalized spacial score (nSPS) is 15.5. The van der Waals surface area contributed by atoms with Crippen molar-refractivity contribution in [2.45, 2.75) is 31.9 Å². The molecule has 0 spiro atoms. The molecule has 2 amide bonds. The summed E-state index contributed by atoms with van der Waals surface area (Å²) in [7, 11) is 1.61. The van der Waals surface area contributed by atoms with Crippen molar-refractivity contribution < 1.29 is 19.4 Å². The molecule has 4 rings (SSSR count). The Kier molecular flexibility index (Phi) is 6.34. The molecule has 3 N–H and O–H groups in total. The number of aliphatic hydroxyl groups is 1. The van der Waals surface area contributed by atoms with Gasteiger partial charge in [0, 0.05) is 19.0 Å². The van der Waals surface area contributed by atoms with Gasteiger partial charge in [0.05, 0.1) is 5.69 Å². The molecule has 2 aromatic carbocycles. The van der Waals surface area contributed by atoms with Crippen LogP contribution in [0.15, 0.2) is 48.5 Å². The zero-order chi connectivity index (χ0) is 24.3. The van der Waals surface area contributed by atoms with Crippen molar-refractivity contribution in [2.75, 3.05) is 18.6 Å². The number of likely N-dealkylation sites (N-methyl/N-ethyl adjacent to an activating group) is 1. The summed E-state index contributed by atoms with van der Waals surface area (Å²) in [5.74, 6) is 5.69. The number of carbonyl (C=O) groups excluding carboxylic acids is 2. The van der Waals surface area contributed by atoms with Crippen molar-refractivity contribution in [3.05, 3.63) is 71.3 Å². The second-order valence-corrected chi connectivity index (χ2v) is 8.49. The van der Waals surface area contributed by atoms with Crippen LogP contribution in [-0.2, 0) is 11.2 Å². The van der Waals surface area contributed by atoms with E-state index < -0.39 is 17.6 Å². The first-order valence-corrected chi connectivity index (χ1v) is 10.8. The molecule has 0 bridgehead atoms. The molecular weight excluding hydrogens is 434 g/mol.